The maximum atomic E-state index is 14.5. The number of halogens is 2. The molecule has 0 aliphatic heterocycles. The van der Waals surface area contributed by atoms with Crippen LogP contribution < -0.4 is 9.62 Å². The minimum Gasteiger partial charge on any atom is -0.354 e. The Morgan fingerprint density at radius 3 is 2.16 bits per heavy atom. The van der Waals surface area contributed by atoms with E-state index in [4.69, 9.17) is 23.2 Å². The van der Waals surface area contributed by atoms with Gasteiger partial charge in [-0.1, -0.05) is 103 Å². The number of amides is 2. The second kappa shape index (κ2) is 15.9. The van der Waals surface area contributed by atoms with Crippen molar-refractivity contribution in [2.24, 2.45) is 0 Å². The van der Waals surface area contributed by atoms with Crippen molar-refractivity contribution in [3.05, 3.63) is 130 Å². The van der Waals surface area contributed by atoms with Crippen molar-refractivity contribution in [2.75, 3.05) is 17.4 Å². The summed E-state index contributed by atoms with van der Waals surface area (Å²) in [5, 5.41) is 3.81. The molecule has 4 rings (SSSR count). The topological polar surface area (TPSA) is 86.8 Å². The van der Waals surface area contributed by atoms with E-state index >= 15 is 0 Å². The molecule has 2 amide bonds. The van der Waals surface area contributed by atoms with Gasteiger partial charge < -0.3 is 10.2 Å². The normalized spacial score (nSPS) is 11.9. The summed E-state index contributed by atoms with van der Waals surface area (Å²) in [6, 6.07) is 28.4. The molecule has 0 radical (unpaired) electrons. The number of aryl methyl sites for hydroxylation is 1. The van der Waals surface area contributed by atoms with Crippen molar-refractivity contribution in [3.63, 3.8) is 0 Å². The van der Waals surface area contributed by atoms with Gasteiger partial charge in [0.05, 0.1) is 10.6 Å². The molecule has 1 atom stereocenters. The van der Waals surface area contributed by atoms with Crippen LogP contribution in [0.3, 0.4) is 0 Å². The first-order chi connectivity index (χ1) is 21.6. The Bertz CT molecular complexity index is 1700. The zero-order valence-electron chi connectivity index (χ0n) is 25.3. The van der Waals surface area contributed by atoms with E-state index in [0.717, 1.165) is 22.7 Å². The zero-order valence-corrected chi connectivity index (χ0v) is 27.7. The number of carbonyl (C=O) groups is 2. The van der Waals surface area contributed by atoms with Gasteiger partial charge in [0.1, 0.15) is 12.6 Å². The predicted octanol–water partition coefficient (Wildman–Crippen LogP) is 7.05. The molecule has 0 saturated carbocycles. The van der Waals surface area contributed by atoms with Crippen LogP contribution >= 0.6 is 23.2 Å². The zero-order chi connectivity index (χ0) is 32.4. The summed E-state index contributed by atoms with van der Waals surface area (Å²) >= 11 is 12.6. The van der Waals surface area contributed by atoms with E-state index in [9.17, 15) is 18.0 Å². The first kappa shape index (κ1) is 34.0. The van der Waals surface area contributed by atoms with Gasteiger partial charge in [0.25, 0.3) is 10.0 Å². The van der Waals surface area contributed by atoms with Crippen LogP contribution in [0.1, 0.15) is 36.5 Å². The summed E-state index contributed by atoms with van der Waals surface area (Å²) in [5.74, 6) is -0.877. The molecule has 0 saturated heterocycles. The molecule has 0 aliphatic carbocycles. The molecular weight excluding hydrogens is 629 g/mol. The minimum absolute atomic E-state index is 0.000189. The lowest BCUT2D eigenvalue weighted by molar-refractivity contribution is -0.140. The molecule has 4 aromatic carbocycles. The molecule has 0 heterocycles. The Kier molecular flexibility index (Phi) is 12.0. The molecule has 0 spiro atoms. The van der Waals surface area contributed by atoms with Crippen molar-refractivity contribution in [1.82, 2.24) is 10.2 Å². The standard InChI is InChI=1S/C35H37Cl2N3O4S/c1-3-4-22-38-35(42)33(23-27-13-6-5-7-14-27)39(24-28-15-9-10-16-31(28)37)34(41)25-40(32-17-11-8-12-26(32)2)45(43,44)30-20-18-29(36)19-21-30/h5-21,33H,3-4,22-25H2,1-2H3,(H,38,42)/t33-/m0/s1. The quantitative estimate of drug-likeness (QED) is 0.146. The number of nitrogens with zero attached hydrogens (tertiary/aromatic N) is 2. The predicted molar refractivity (Wildman–Crippen MR) is 181 cm³/mol. The Morgan fingerprint density at radius 2 is 1.49 bits per heavy atom. The lowest BCUT2D eigenvalue weighted by atomic mass is 10.0. The maximum Gasteiger partial charge on any atom is 0.264 e. The fraction of sp³-hybridized carbons (Fsp3) is 0.257. The maximum absolute atomic E-state index is 14.5. The third-order valence-electron chi connectivity index (χ3n) is 7.46. The number of anilines is 1. The monoisotopic (exact) mass is 665 g/mol. The Hall–Kier alpha value is -3.85. The smallest absolute Gasteiger partial charge is 0.264 e. The van der Waals surface area contributed by atoms with Gasteiger partial charge in [-0.3, -0.25) is 13.9 Å². The highest BCUT2D eigenvalue weighted by molar-refractivity contribution is 7.92. The lowest BCUT2D eigenvalue weighted by Crippen LogP contribution is -2.53. The van der Waals surface area contributed by atoms with Crippen LogP contribution in [-0.4, -0.2) is 44.3 Å². The van der Waals surface area contributed by atoms with Crippen LogP contribution in [0, 0.1) is 6.92 Å². The highest BCUT2D eigenvalue weighted by Gasteiger charge is 2.35. The Balaban J connectivity index is 1.80. The molecular formula is C35H37Cl2N3O4S. The molecule has 0 aromatic heterocycles. The van der Waals surface area contributed by atoms with Crippen molar-refractivity contribution < 1.29 is 18.0 Å². The number of rotatable bonds is 14. The number of sulfonamides is 1. The average molecular weight is 667 g/mol. The number of benzene rings is 4. The highest BCUT2D eigenvalue weighted by Crippen LogP contribution is 2.29. The SMILES string of the molecule is CCCCNC(=O)[C@H](Cc1ccccc1)N(Cc1ccccc1Cl)C(=O)CN(c1ccccc1C)S(=O)(=O)c1ccc(Cl)cc1. The molecule has 0 unspecified atom stereocenters. The van der Waals surface area contributed by atoms with Crippen LogP contribution in [0.4, 0.5) is 5.69 Å². The number of carbonyl (C=O) groups excluding carboxylic acids is 2. The fourth-order valence-electron chi connectivity index (χ4n) is 4.96. The molecule has 4 aromatic rings. The molecule has 0 fully saturated rings. The summed E-state index contributed by atoms with van der Waals surface area (Å²) < 4.78 is 29.4. The van der Waals surface area contributed by atoms with Gasteiger partial charge in [0, 0.05) is 29.6 Å². The van der Waals surface area contributed by atoms with Crippen molar-refractivity contribution in [2.45, 2.75) is 50.6 Å². The van der Waals surface area contributed by atoms with E-state index in [1.165, 1.54) is 29.2 Å². The van der Waals surface area contributed by atoms with E-state index in [-0.39, 0.29) is 23.8 Å². The van der Waals surface area contributed by atoms with Gasteiger partial charge in [0.15, 0.2) is 0 Å². The average Bonchev–Trinajstić information content (AvgIpc) is 3.03. The number of nitrogens with one attached hydrogen (secondary N) is 1. The summed E-state index contributed by atoms with van der Waals surface area (Å²) in [6.45, 7) is 3.72. The van der Waals surface area contributed by atoms with E-state index in [2.05, 4.69) is 5.32 Å². The summed E-state index contributed by atoms with van der Waals surface area (Å²) in [5.41, 5.74) is 2.51. The van der Waals surface area contributed by atoms with E-state index in [1.54, 1.807) is 49.4 Å². The molecule has 0 bridgehead atoms. The Morgan fingerprint density at radius 1 is 0.844 bits per heavy atom. The van der Waals surface area contributed by atoms with E-state index < -0.39 is 28.5 Å². The third kappa shape index (κ3) is 8.87. The van der Waals surface area contributed by atoms with Crippen molar-refractivity contribution in [1.29, 1.82) is 0 Å². The van der Waals surface area contributed by atoms with Crippen molar-refractivity contribution in [3.8, 4) is 0 Å². The van der Waals surface area contributed by atoms with Crippen molar-refractivity contribution >= 4 is 50.7 Å². The molecule has 45 heavy (non-hydrogen) atoms. The second-order valence-corrected chi connectivity index (χ2v) is 13.4. The van der Waals surface area contributed by atoms with Gasteiger partial charge in [-0.25, -0.2) is 8.42 Å². The van der Waals surface area contributed by atoms with Crippen LogP contribution in [-0.2, 0) is 32.6 Å². The first-order valence-electron chi connectivity index (χ1n) is 14.8. The largest absolute Gasteiger partial charge is 0.354 e. The second-order valence-electron chi connectivity index (χ2n) is 10.7. The lowest BCUT2D eigenvalue weighted by Gasteiger charge is -2.34. The molecule has 0 aliphatic rings. The summed E-state index contributed by atoms with van der Waals surface area (Å²) in [4.78, 5) is 29.8. The van der Waals surface area contributed by atoms with Gasteiger partial charge in [0.2, 0.25) is 11.8 Å². The van der Waals surface area contributed by atoms with E-state index in [1.807, 2.05) is 43.3 Å². The van der Waals surface area contributed by atoms with Crippen LogP contribution in [0.15, 0.2) is 108 Å². The molecule has 236 valence electrons. The molecule has 7 nitrogen and oxygen atoms in total. The van der Waals surface area contributed by atoms with Gasteiger partial charge in [-0.2, -0.15) is 0 Å². The first-order valence-corrected chi connectivity index (χ1v) is 17.0. The minimum atomic E-state index is -4.22. The summed E-state index contributed by atoms with van der Waals surface area (Å²) in [7, 11) is -4.22. The molecule has 10 heteroatoms. The van der Waals surface area contributed by atoms with Crippen LogP contribution in [0.2, 0.25) is 10.0 Å². The number of hydrogen-bond donors (Lipinski definition) is 1. The summed E-state index contributed by atoms with van der Waals surface area (Å²) in [6.07, 6.45) is 1.89. The third-order valence-corrected chi connectivity index (χ3v) is 9.86. The van der Waals surface area contributed by atoms with Gasteiger partial charge >= 0.3 is 0 Å². The van der Waals surface area contributed by atoms with Crippen LogP contribution in [0.25, 0.3) is 0 Å². The number of unbranched alkanes of at least 4 members (excludes halogenated alkanes) is 1. The van der Waals surface area contributed by atoms with Crippen LogP contribution in [0.5, 0.6) is 0 Å². The fourth-order valence-corrected chi connectivity index (χ4v) is 6.76. The number of para-hydroxylation sites is 1. The van der Waals surface area contributed by atoms with E-state index in [0.29, 0.717) is 33.4 Å². The highest BCUT2D eigenvalue weighted by atomic mass is 35.5. The molecule has 1 N–H and O–H groups in total. The van der Waals surface area contributed by atoms with Gasteiger partial charge in [-0.15, -0.1) is 0 Å². The van der Waals surface area contributed by atoms with Gasteiger partial charge in [-0.05, 0) is 66.4 Å². The Labute approximate surface area is 275 Å². The number of hydrogen-bond acceptors (Lipinski definition) is 4.